The molecule has 0 bridgehead atoms. The molecule has 0 saturated heterocycles. The Hall–Kier alpha value is -4.19. The standard InChI is InChI=1S/C29H28N4O2/c1-4-9-27-31-28-19(2)14-21(25-17-32(3)18-30-25)15-26(28)33(27)16-20-10-5-6-11-22(20)23-12-7-8-13-24(23)29(34)35/h5-8,10-15,17-18H,4,9,16H2,1-3H3,(H,34,35). The third kappa shape index (κ3) is 4.23. The van der Waals surface area contributed by atoms with Crippen LogP contribution in [0.25, 0.3) is 33.4 Å². The lowest BCUT2D eigenvalue weighted by Gasteiger charge is -2.15. The molecule has 0 fully saturated rings. The van der Waals surface area contributed by atoms with Crippen molar-refractivity contribution in [2.24, 2.45) is 7.05 Å². The van der Waals surface area contributed by atoms with E-state index in [-0.39, 0.29) is 0 Å². The lowest BCUT2D eigenvalue weighted by atomic mass is 9.95. The van der Waals surface area contributed by atoms with Crippen molar-refractivity contribution >= 4 is 17.0 Å². The fourth-order valence-corrected chi connectivity index (χ4v) is 4.74. The molecule has 1 N–H and O–H groups in total. The van der Waals surface area contributed by atoms with Crippen LogP contribution in [0.4, 0.5) is 0 Å². The van der Waals surface area contributed by atoms with Gasteiger partial charge in [-0.25, -0.2) is 14.8 Å². The van der Waals surface area contributed by atoms with E-state index < -0.39 is 5.97 Å². The molecule has 0 amide bonds. The maximum absolute atomic E-state index is 11.9. The number of hydrogen-bond donors (Lipinski definition) is 1. The van der Waals surface area contributed by atoms with Crippen LogP contribution in [0.15, 0.2) is 73.2 Å². The summed E-state index contributed by atoms with van der Waals surface area (Å²) in [4.78, 5) is 21.5. The lowest BCUT2D eigenvalue weighted by Crippen LogP contribution is -2.07. The largest absolute Gasteiger partial charge is 0.478 e. The van der Waals surface area contributed by atoms with Gasteiger partial charge in [-0.15, -0.1) is 0 Å². The molecule has 0 spiro atoms. The Bertz CT molecular complexity index is 1540. The van der Waals surface area contributed by atoms with E-state index in [0.717, 1.165) is 63.2 Å². The second-order valence-corrected chi connectivity index (χ2v) is 8.96. The van der Waals surface area contributed by atoms with Crippen LogP contribution in [-0.2, 0) is 20.0 Å². The molecule has 5 rings (SSSR count). The topological polar surface area (TPSA) is 72.9 Å². The van der Waals surface area contributed by atoms with Crippen LogP contribution in [-0.4, -0.2) is 30.2 Å². The SMILES string of the molecule is CCCc1nc2c(C)cc(-c3cn(C)cn3)cc2n1Cc1ccccc1-c1ccccc1C(=O)O. The molecule has 0 atom stereocenters. The highest BCUT2D eigenvalue weighted by atomic mass is 16.4. The highest BCUT2D eigenvalue weighted by Crippen LogP contribution is 2.32. The van der Waals surface area contributed by atoms with Gasteiger partial charge < -0.3 is 14.2 Å². The smallest absolute Gasteiger partial charge is 0.336 e. The fraction of sp³-hybridized carbons (Fsp3) is 0.207. The number of carbonyl (C=O) groups is 1. The average molecular weight is 465 g/mol. The van der Waals surface area contributed by atoms with Gasteiger partial charge in [-0.1, -0.05) is 49.4 Å². The van der Waals surface area contributed by atoms with Gasteiger partial charge in [-0.3, -0.25) is 0 Å². The molecule has 0 aliphatic carbocycles. The maximum atomic E-state index is 11.9. The van der Waals surface area contributed by atoms with E-state index in [1.165, 1.54) is 0 Å². The second-order valence-electron chi connectivity index (χ2n) is 8.96. The van der Waals surface area contributed by atoms with E-state index in [2.05, 4.69) is 41.6 Å². The number of benzene rings is 3. The highest BCUT2D eigenvalue weighted by Gasteiger charge is 2.18. The number of hydrogen-bond acceptors (Lipinski definition) is 3. The Morgan fingerprint density at radius 2 is 1.77 bits per heavy atom. The van der Waals surface area contributed by atoms with Crippen LogP contribution < -0.4 is 0 Å². The first-order valence-electron chi connectivity index (χ1n) is 11.8. The molecule has 2 aromatic heterocycles. The Morgan fingerprint density at radius 1 is 1.03 bits per heavy atom. The molecule has 6 heteroatoms. The van der Waals surface area contributed by atoms with Gasteiger partial charge in [-0.2, -0.15) is 0 Å². The maximum Gasteiger partial charge on any atom is 0.336 e. The zero-order valence-electron chi connectivity index (χ0n) is 20.2. The molecule has 2 heterocycles. The predicted molar refractivity (Wildman–Crippen MR) is 139 cm³/mol. The second kappa shape index (κ2) is 9.22. The molecule has 0 aliphatic rings. The van der Waals surface area contributed by atoms with Gasteiger partial charge in [0.25, 0.3) is 0 Å². The van der Waals surface area contributed by atoms with E-state index in [1.54, 1.807) is 12.1 Å². The van der Waals surface area contributed by atoms with Gasteiger partial charge in [0.05, 0.1) is 28.6 Å². The van der Waals surface area contributed by atoms with Crippen LogP contribution in [0.2, 0.25) is 0 Å². The minimum absolute atomic E-state index is 0.303. The van der Waals surface area contributed by atoms with Crippen LogP contribution in [0, 0.1) is 6.92 Å². The summed E-state index contributed by atoms with van der Waals surface area (Å²) in [5.41, 5.74) is 8.17. The van der Waals surface area contributed by atoms with Gasteiger partial charge in [0, 0.05) is 31.8 Å². The minimum atomic E-state index is -0.925. The van der Waals surface area contributed by atoms with Crippen LogP contribution in [0.5, 0.6) is 0 Å². The van der Waals surface area contributed by atoms with Crippen molar-refractivity contribution in [1.29, 1.82) is 0 Å². The van der Waals surface area contributed by atoms with E-state index in [0.29, 0.717) is 12.1 Å². The summed E-state index contributed by atoms with van der Waals surface area (Å²) >= 11 is 0. The average Bonchev–Trinajstić information content (AvgIpc) is 3.44. The number of aromatic carboxylic acids is 1. The summed E-state index contributed by atoms with van der Waals surface area (Å²) in [5, 5.41) is 9.78. The molecule has 5 aromatic rings. The summed E-state index contributed by atoms with van der Waals surface area (Å²) in [7, 11) is 1.97. The summed E-state index contributed by atoms with van der Waals surface area (Å²) in [5.74, 6) is 0.107. The van der Waals surface area contributed by atoms with Gasteiger partial charge in [0.15, 0.2) is 0 Å². The number of rotatable bonds is 7. The predicted octanol–water partition coefficient (Wildman–Crippen LogP) is 6.11. The van der Waals surface area contributed by atoms with Gasteiger partial charge in [-0.05, 0) is 53.8 Å². The first-order chi connectivity index (χ1) is 17.0. The summed E-state index contributed by atoms with van der Waals surface area (Å²) in [6.45, 7) is 4.85. The van der Waals surface area contributed by atoms with E-state index in [1.807, 2.05) is 54.5 Å². The summed E-state index contributed by atoms with van der Waals surface area (Å²) in [6.07, 6.45) is 5.68. The van der Waals surface area contributed by atoms with Crippen molar-refractivity contribution in [2.75, 3.05) is 0 Å². The number of carboxylic acids is 1. The Labute approximate surface area is 204 Å². The van der Waals surface area contributed by atoms with E-state index in [9.17, 15) is 9.90 Å². The normalized spacial score (nSPS) is 11.3. The fourth-order valence-electron chi connectivity index (χ4n) is 4.74. The van der Waals surface area contributed by atoms with Gasteiger partial charge >= 0.3 is 5.97 Å². The third-order valence-corrected chi connectivity index (χ3v) is 6.39. The first-order valence-corrected chi connectivity index (χ1v) is 11.8. The minimum Gasteiger partial charge on any atom is -0.478 e. The zero-order chi connectivity index (χ0) is 24.5. The molecule has 6 nitrogen and oxygen atoms in total. The highest BCUT2D eigenvalue weighted by molar-refractivity contribution is 5.96. The molecule has 0 radical (unpaired) electrons. The van der Waals surface area contributed by atoms with Crippen LogP contribution in [0.3, 0.4) is 0 Å². The molecular formula is C29H28N4O2. The Morgan fingerprint density at radius 3 is 2.49 bits per heavy atom. The van der Waals surface area contributed by atoms with E-state index in [4.69, 9.17) is 4.98 Å². The van der Waals surface area contributed by atoms with Crippen molar-refractivity contribution in [3.8, 4) is 22.4 Å². The van der Waals surface area contributed by atoms with E-state index >= 15 is 0 Å². The number of aryl methyl sites for hydroxylation is 3. The molecule has 3 aromatic carbocycles. The van der Waals surface area contributed by atoms with Crippen molar-refractivity contribution in [3.63, 3.8) is 0 Å². The van der Waals surface area contributed by atoms with Crippen molar-refractivity contribution in [1.82, 2.24) is 19.1 Å². The Kier molecular flexibility index (Phi) is 5.95. The lowest BCUT2D eigenvalue weighted by molar-refractivity contribution is 0.0697. The molecule has 176 valence electrons. The first kappa shape index (κ1) is 22.6. The Balaban J connectivity index is 1.68. The number of aromatic nitrogens is 4. The van der Waals surface area contributed by atoms with Crippen molar-refractivity contribution in [2.45, 2.75) is 33.2 Å². The molecule has 0 saturated carbocycles. The molecule has 35 heavy (non-hydrogen) atoms. The molecule has 0 aliphatic heterocycles. The quantitative estimate of drug-likeness (QED) is 0.315. The van der Waals surface area contributed by atoms with Gasteiger partial charge in [0.1, 0.15) is 5.82 Å². The van der Waals surface area contributed by atoms with Crippen LogP contribution in [0.1, 0.15) is 40.7 Å². The monoisotopic (exact) mass is 464 g/mol. The number of carboxylic acid groups (broad SMARTS) is 1. The van der Waals surface area contributed by atoms with Crippen molar-refractivity contribution in [3.05, 3.63) is 95.7 Å². The third-order valence-electron chi connectivity index (χ3n) is 6.39. The van der Waals surface area contributed by atoms with Crippen LogP contribution >= 0.6 is 0 Å². The number of imidazole rings is 2. The number of fused-ring (bicyclic) bond motifs is 1. The zero-order valence-corrected chi connectivity index (χ0v) is 20.2. The number of nitrogens with zero attached hydrogens (tertiary/aromatic N) is 4. The molecular weight excluding hydrogens is 436 g/mol. The summed E-state index contributed by atoms with van der Waals surface area (Å²) in [6, 6.07) is 19.5. The van der Waals surface area contributed by atoms with Gasteiger partial charge in [0.2, 0.25) is 0 Å². The van der Waals surface area contributed by atoms with Crippen molar-refractivity contribution < 1.29 is 9.90 Å². The molecule has 0 unspecified atom stereocenters. The summed E-state index contributed by atoms with van der Waals surface area (Å²) < 4.78 is 4.23.